The average Bonchev–Trinajstić information content (AvgIpc) is 2.65. The van der Waals surface area contributed by atoms with Crippen molar-refractivity contribution in [2.45, 2.75) is 71.8 Å². The van der Waals surface area contributed by atoms with Crippen LogP contribution in [-0.2, 0) is 16.0 Å². The van der Waals surface area contributed by atoms with Gasteiger partial charge in [-0.25, -0.2) is 0 Å². The van der Waals surface area contributed by atoms with Gasteiger partial charge in [0.1, 0.15) is 6.10 Å². The first kappa shape index (κ1) is 20.2. The molecule has 0 amide bonds. The molecule has 2 nitrogen and oxygen atoms in total. The summed E-state index contributed by atoms with van der Waals surface area (Å²) in [5.41, 5.74) is 4.85. The topological polar surface area (TPSA) is 26.3 Å². The highest BCUT2D eigenvalue weighted by Crippen LogP contribution is 2.24. The third-order valence-corrected chi connectivity index (χ3v) is 4.83. The lowest BCUT2D eigenvalue weighted by molar-refractivity contribution is -0.145. The van der Waals surface area contributed by atoms with Crippen molar-refractivity contribution >= 4 is 5.97 Å². The van der Waals surface area contributed by atoms with Gasteiger partial charge in [0.15, 0.2) is 0 Å². The van der Waals surface area contributed by atoms with Gasteiger partial charge in [0, 0.05) is 6.92 Å². The lowest BCUT2D eigenvalue weighted by Crippen LogP contribution is -2.04. The minimum absolute atomic E-state index is 0.207. The predicted octanol–water partition coefficient (Wildman–Crippen LogP) is 6.88. The smallest absolute Gasteiger partial charge is 0.303 e. The van der Waals surface area contributed by atoms with Crippen molar-refractivity contribution < 1.29 is 9.53 Å². The maximum absolute atomic E-state index is 11.1. The Bertz CT molecular complexity index is 656. The van der Waals surface area contributed by atoms with Crippen molar-refractivity contribution in [3.05, 3.63) is 59.7 Å². The molecule has 140 valence electrons. The van der Waals surface area contributed by atoms with Gasteiger partial charge in [-0.3, -0.25) is 4.79 Å². The largest absolute Gasteiger partial charge is 0.458 e. The predicted molar refractivity (Wildman–Crippen MR) is 109 cm³/mol. The first-order chi connectivity index (χ1) is 12.6. The van der Waals surface area contributed by atoms with Gasteiger partial charge in [0.05, 0.1) is 0 Å². The maximum atomic E-state index is 11.1. The van der Waals surface area contributed by atoms with Gasteiger partial charge in [-0.1, -0.05) is 87.6 Å². The van der Waals surface area contributed by atoms with E-state index in [2.05, 4.69) is 43.3 Å². The minimum Gasteiger partial charge on any atom is -0.458 e. The van der Waals surface area contributed by atoms with Crippen molar-refractivity contribution in [2.24, 2.45) is 0 Å². The fraction of sp³-hybridized carbons (Fsp3) is 0.458. The molecular weight excluding hydrogens is 320 g/mol. The van der Waals surface area contributed by atoms with Crippen LogP contribution in [0.15, 0.2) is 48.5 Å². The van der Waals surface area contributed by atoms with Gasteiger partial charge in [0.2, 0.25) is 0 Å². The van der Waals surface area contributed by atoms with Crippen LogP contribution >= 0.6 is 0 Å². The summed E-state index contributed by atoms with van der Waals surface area (Å²) < 4.78 is 5.23. The summed E-state index contributed by atoms with van der Waals surface area (Å²) in [6, 6.07) is 17.2. The summed E-state index contributed by atoms with van der Waals surface area (Å²) in [6.45, 7) is 5.60. The Balaban J connectivity index is 1.86. The van der Waals surface area contributed by atoms with Gasteiger partial charge in [-0.05, 0) is 42.0 Å². The molecule has 0 heterocycles. The quantitative estimate of drug-likeness (QED) is 0.344. The number of carbonyl (C=O) groups is 1. The van der Waals surface area contributed by atoms with E-state index in [0.29, 0.717) is 0 Å². The van der Waals surface area contributed by atoms with E-state index in [9.17, 15) is 4.79 Å². The lowest BCUT2D eigenvalue weighted by Gasteiger charge is -2.13. The zero-order chi connectivity index (χ0) is 18.8. The number of ether oxygens (including phenoxy) is 1. The van der Waals surface area contributed by atoms with Crippen LogP contribution in [0.4, 0.5) is 0 Å². The number of unbranched alkanes of at least 4 members (excludes halogenated alkanes) is 5. The van der Waals surface area contributed by atoms with Gasteiger partial charge in [-0.2, -0.15) is 0 Å². The molecule has 0 spiro atoms. The highest BCUT2D eigenvalue weighted by Gasteiger charge is 2.08. The van der Waals surface area contributed by atoms with Crippen molar-refractivity contribution in [1.29, 1.82) is 0 Å². The second kappa shape index (κ2) is 10.8. The molecule has 1 atom stereocenters. The Morgan fingerprint density at radius 2 is 1.38 bits per heavy atom. The SMILES string of the molecule is CCCCCCCCc1ccc(-c2ccc(C(C)OC(C)=O)cc2)cc1. The highest BCUT2D eigenvalue weighted by atomic mass is 16.5. The molecular formula is C24H32O2. The van der Waals surface area contributed by atoms with Crippen molar-refractivity contribution in [3.63, 3.8) is 0 Å². The van der Waals surface area contributed by atoms with Crippen molar-refractivity contribution in [3.8, 4) is 11.1 Å². The molecule has 26 heavy (non-hydrogen) atoms. The van der Waals surface area contributed by atoms with E-state index >= 15 is 0 Å². The standard InChI is InChI=1S/C24H32O2/c1-4-5-6-7-8-9-10-21-11-13-23(14-12-21)24-17-15-22(16-18-24)19(2)26-20(3)25/h11-19H,4-10H2,1-3H3. The molecule has 2 heteroatoms. The molecule has 0 aliphatic rings. The minimum atomic E-state index is -0.248. The first-order valence-electron chi connectivity index (χ1n) is 9.96. The number of hydrogen-bond donors (Lipinski definition) is 0. The summed E-state index contributed by atoms with van der Waals surface area (Å²) in [5.74, 6) is -0.248. The lowest BCUT2D eigenvalue weighted by atomic mass is 9.99. The van der Waals surface area contributed by atoms with E-state index in [4.69, 9.17) is 4.74 Å². The molecule has 0 N–H and O–H groups in total. The molecule has 1 unspecified atom stereocenters. The molecule has 0 aliphatic heterocycles. The number of hydrogen-bond acceptors (Lipinski definition) is 2. The van der Waals surface area contributed by atoms with Gasteiger partial charge >= 0.3 is 5.97 Å². The fourth-order valence-electron chi connectivity index (χ4n) is 3.24. The molecule has 2 aromatic carbocycles. The van der Waals surface area contributed by atoms with Gasteiger partial charge in [-0.15, -0.1) is 0 Å². The molecule has 0 saturated carbocycles. The number of benzene rings is 2. The normalized spacial score (nSPS) is 12.0. The third-order valence-electron chi connectivity index (χ3n) is 4.83. The Kier molecular flexibility index (Phi) is 8.40. The highest BCUT2D eigenvalue weighted by molar-refractivity contribution is 5.67. The Morgan fingerprint density at radius 3 is 1.96 bits per heavy atom. The second-order valence-electron chi connectivity index (χ2n) is 7.09. The van der Waals surface area contributed by atoms with Crippen LogP contribution in [0.1, 0.15) is 76.5 Å². The van der Waals surface area contributed by atoms with Crippen LogP contribution in [0.25, 0.3) is 11.1 Å². The van der Waals surface area contributed by atoms with Crippen molar-refractivity contribution in [1.82, 2.24) is 0 Å². The average molecular weight is 353 g/mol. The maximum Gasteiger partial charge on any atom is 0.303 e. The number of aryl methyl sites for hydroxylation is 1. The second-order valence-corrected chi connectivity index (χ2v) is 7.09. The summed E-state index contributed by atoms with van der Waals surface area (Å²) >= 11 is 0. The molecule has 0 saturated heterocycles. The van der Waals surface area contributed by atoms with Crippen LogP contribution in [-0.4, -0.2) is 5.97 Å². The molecule has 0 bridgehead atoms. The summed E-state index contributed by atoms with van der Waals surface area (Å²) in [7, 11) is 0. The first-order valence-corrected chi connectivity index (χ1v) is 9.96. The number of carbonyl (C=O) groups excluding carboxylic acids is 1. The molecule has 0 aliphatic carbocycles. The number of esters is 1. The van der Waals surface area contributed by atoms with E-state index < -0.39 is 0 Å². The summed E-state index contributed by atoms with van der Waals surface area (Å²) in [4.78, 5) is 11.1. The van der Waals surface area contributed by atoms with E-state index in [1.54, 1.807) is 0 Å². The van der Waals surface area contributed by atoms with E-state index in [0.717, 1.165) is 5.56 Å². The van der Waals surface area contributed by atoms with Gasteiger partial charge in [0.25, 0.3) is 0 Å². The van der Waals surface area contributed by atoms with E-state index in [-0.39, 0.29) is 12.1 Å². The Labute approximate surface area is 158 Å². The summed E-state index contributed by atoms with van der Waals surface area (Å²) in [6.07, 6.45) is 9.01. The van der Waals surface area contributed by atoms with Gasteiger partial charge < -0.3 is 4.74 Å². The van der Waals surface area contributed by atoms with E-state index in [1.165, 1.54) is 68.6 Å². The zero-order valence-electron chi connectivity index (χ0n) is 16.5. The molecule has 0 fully saturated rings. The molecule has 0 radical (unpaired) electrons. The van der Waals surface area contributed by atoms with E-state index in [1.807, 2.05) is 19.1 Å². The fourth-order valence-corrected chi connectivity index (χ4v) is 3.24. The van der Waals surface area contributed by atoms with Crippen LogP contribution in [0.5, 0.6) is 0 Å². The van der Waals surface area contributed by atoms with Crippen LogP contribution in [0.3, 0.4) is 0 Å². The summed E-state index contributed by atoms with van der Waals surface area (Å²) in [5, 5.41) is 0. The Hall–Kier alpha value is -2.09. The molecule has 2 aromatic rings. The van der Waals surface area contributed by atoms with Crippen molar-refractivity contribution in [2.75, 3.05) is 0 Å². The molecule has 2 rings (SSSR count). The zero-order valence-corrected chi connectivity index (χ0v) is 16.5. The monoisotopic (exact) mass is 352 g/mol. The Morgan fingerprint density at radius 1 is 0.846 bits per heavy atom. The van der Waals surface area contributed by atoms with Crippen LogP contribution in [0.2, 0.25) is 0 Å². The third kappa shape index (κ3) is 6.67. The van der Waals surface area contributed by atoms with Crippen LogP contribution < -0.4 is 0 Å². The number of rotatable bonds is 10. The van der Waals surface area contributed by atoms with Crippen LogP contribution in [0, 0.1) is 0 Å². The molecule has 0 aromatic heterocycles.